The monoisotopic (exact) mass is 515 g/mol. The highest BCUT2D eigenvalue weighted by Gasteiger charge is 2.20. The van der Waals surface area contributed by atoms with Gasteiger partial charge in [-0.3, -0.25) is 9.20 Å². The average Bonchev–Trinajstić information content (AvgIpc) is 3.42. The Kier molecular flexibility index (Phi) is 4.87. The molecule has 0 aliphatic carbocycles. The molecule has 6 heteroatoms. The van der Waals surface area contributed by atoms with E-state index in [4.69, 9.17) is 15.0 Å². The van der Waals surface area contributed by atoms with Gasteiger partial charge in [-0.1, -0.05) is 97.1 Å². The summed E-state index contributed by atoms with van der Waals surface area (Å²) >= 11 is 0. The lowest BCUT2D eigenvalue weighted by Crippen LogP contribution is -2.24. The van der Waals surface area contributed by atoms with E-state index in [0.717, 1.165) is 49.8 Å². The van der Waals surface area contributed by atoms with Gasteiger partial charge in [0.1, 0.15) is 0 Å². The van der Waals surface area contributed by atoms with Crippen molar-refractivity contribution in [1.29, 1.82) is 0 Å². The number of nitrogens with zero attached hydrogens (tertiary/aromatic N) is 5. The first-order valence-corrected chi connectivity index (χ1v) is 13.1. The fourth-order valence-electron chi connectivity index (χ4n) is 5.50. The summed E-state index contributed by atoms with van der Waals surface area (Å²) in [6, 6.07) is 42.1. The van der Waals surface area contributed by atoms with Crippen molar-refractivity contribution in [2.45, 2.75) is 0 Å². The fraction of sp³-hybridized carbons (Fsp3) is 0. The Hall–Kier alpha value is -5.62. The van der Waals surface area contributed by atoms with Crippen LogP contribution in [0.25, 0.3) is 66.9 Å². The van der Waals surface area contributed by atoms with Crippen LogP contribution in [0.5, 0.6) is 0 Å². The number of hydrogen-bond donors (Lipinski definition) is 0. The molecule has 0 N–H and O–H groups in total. The van der Waals surface area contributed by atoms with Crippen molar-refractivity contribution in [3.63, 3.8) is 0 Å². The third-order valence-electron chi connectivity index (χ3n) is 7.36. The molecule has 3 aromatic heterocycles. The summed E-state index contributed by atoms with van der Waals surface area (Å²) in [5.41, 5.74) is 7.87. The largest absolute Gasteiger partial charge is 0.301 e. The molecule has 188 valence electrons. The van der Waals surface area contributed by atoms with Crippen LogP contribution in [0.2, 0.25) is 0 Å². The number of fused-ring (bicyclic) bond motifs is 6. The minimum atomic E-state index is -0.273. The number of hydrogen-bond acceptors (Lipinski definition) is 4. The van der Waals surface area contributed by atoms with Crippen LogP contribution in [0.3, 0.4) is 0 Å². The maximum Gasteiger partial charge on any atom is 0.301 e. The first kappa shape index (κ1) is 22.4. The second kappa shape index (κ2) is 8.71. The lowest BCUT2D eigenvalue weighted by molar-refractivity contribution is 0.928. The number of benzene rings is 5. The standard InChI is InChI=1S/C34H21N5O/c40-33-32-35-27-17-9-10-18-28(27)38(32)30-21-24(22-11-3-1-4-12-22)19-20-29(30)39(33)34-36-26-16-8-7-15-25(26)31(37-34)23-13-5-2-6-14-23/h1-21H. The highest BCUT2D eigenvalue weighted by atomic mass is 16.1. The van der Waals surface area contributed by atoms with Crippen LogP contribution in [0.1, 0.15) is 0 Å². The smallest absolute Gasteiger partial charge is 0.286 e. The molecule has 0 aliphatic heterocycles. The molecule has 0 aliphatic rings. The van der Waals surface area contributed by atoms with Crippen molar-refractivity contribution in [2.24, 2.45) is 0 Å². The molecule has 6 nitrogen and oxygen atoms in total. The zero-order valence-corrected chi connectivity index (χ0v) is 21.3. The second-order valence-electron chi connectivity index (χ2n) is 9.73. The van der Waals surface area contributed by atoms with Crippen molar-refractivity contribution >= 4 is 38.6 Å². The van der Waals surface area contributed by atoms with Gasteiger partial charge in [0, 0.05) is 10.9 Å². The SMILES string of the molecule is O=c1c2nc3ccccc3n2c2cc(-c3ccccc3)ccc2n1-c1nc(-c2ccccc2)c2ccccc2n1. The van der Waals surface area contributed by atoms with Gasteiger partial charge in [0.15, 0.2) is 0 Å². The lowest BCUT2D eigenvalue weighted by Gasteiger charge is -2.15. The Labute approximate surface area is 228 Å². The van der Waals surface area contributed by atoms with E-state index in [-0.39, 0.29) is 5.56 Å². The molecule has 0 atom stereocenters. The van der Waals surface area contributed by atoms with Gasteiger partial charge in [-0.15, -0.1) is 0 Å². The van der Waals surface area contributed by atoms with Gasteiger partial charge in [-0.2, -0.15) is 0 Å². The van der Waals surface area contributed by atoms with E-state index in [2.05, 4.69) is 18.2 Å². The molecule has 8 aromatic rings. The molecule has 3 heterocycles. The highest BCUT2D eigenvalue weighted by Crippen LogP contribution is 2.30. The van der Waals surface area contributed by atoms with E-state index in [1.165, 1.54) is 0 Å². The zero-order chi connectivity index (χ0) is 26.6. The molecule has 0 spiro atoms. The minimum absolute atomic E-state index is 0.273. The summed E-state index contributed by atoms with van der Waals surface area (Å²) in [6.45, 7) is 0. The van der Waals surface area contributed by atoms with Crippen molar-refractivity contribution in [1.82, 2.24) is 23.9 Å². The van der Waals surface area contributed by atoms with Crippen LogP contribution >= 0.6 is 0 Å². The van der Waals surface area contributed by atoms with Gasteiger partial charge in [-0.25, -0.2) is 19.5 Å². The van der Waals surface area contributed by atoms with Gasteiger partial charge in [-0.05, 0) is 41.5 Å². The Bertz CT molecular complexity index is 2290. The van der Waals surface area contributed by atoms with Crippen LogP contribution in [0.4, 0.5) is 0 Å². The summed E-state index contributed by atoms with van der Waals surface area (Å²) < 4.78 is 3.55. The molecule has 0 amide bonds. The summed E-state index contributed by atoms with van der Waals surface area (Å²) in [5, 5.41) is 0.925. The van der Waals surface area contributed by atoms with Crippen molar-refractivity contribution in [2.75, 3.05) is 0 Å². The molecule has 0 radical (unpaired) electrons. The first-order chi connectivity index (χ1) is 19.8. The maximum absolute atomic E-state index is 14.3. The van der Waals surface area contributed by atoms with E-state index >= 15 is 0 Å². The van der Waals surface area contributed by atoms with Gasteiger partial charge >= 0.3 is 5.56 Å². The molecular weight excluding hydrogens is 494 g/mol. The first-order valence-electron chi connectivity index (χ1n) is 13.1. The van der Waals surface area contributed by atoms with Crippen LogP contribution in [0.15, 0.2) is 132 Å². The van der Waals surface area contributed by atoms with Crippen LogP contribution < -0.4 is 5.56 Å². The Balaban J connectivity index is 1.52. The van der Waals surface area contributed by atoms with Crippen LogP contribution in [0, 0.1) is 0 Å². The third-order valence-corrected chi connectivity index (χ3v) is 7.36. The van der Waals surface area contributed by atoms with Gasteiger partial charge in [0.2, 0.25) is 11.6 Å². The molecule has 0 bridgehead atoms. The van der Waals surface area contributed by atoms with Gasteiger partial charge in [0.25, 0.3) is 0 Å². The minimum Gasteiger partial charge on any atom is -0.286 e. The third kappa shape index (κ3) is 3.36. The number of para-hydroxylation sites is 3. The zero-order valence-electron chi connectivity index (χ0n) is 21.3. The van der Waals surface area contributed by atoms with Crippen molar-refractivity contribution < 1.29 is 0 Å². The van der Waals surface area contributed by atoms with Crippen LogP contribution in [-0.4, -0.2) is 23.9 Å². The highest BCUT2D eigenvalue weighted by molar-refractivity contribution is 5.94. The predicted octanol–water partition coefficient (Wildman–Crippen LogP) is 7.07. The summed E-state index contributed by atoms with van der Waals surface area (Å²) in [6.07, 6.45) is 0. The predicted molar refractivity (Wildman–Crippen MR) is 160 cm³/mol. The van der Waals surface area contributed by atoms with E-state index in [0.29, 0.717) is 17.1 Å². The Morgan fingerprint density at radius 3 is 1.98 bits per heavy atom. The molecule has 40 heavy (non-hydrogen) atoms. The molecule has 0 saturated carbocycles. The maximum atomic E-state index is 14.3. The van der Waals surface area contributed by atoms with E-state index in [1.54, 1.807) is 4.57 Å². The average molecular weight is 516 g/mol. The topological polar surface area (TPSA) is 65.1 Å². The molecule has 0 fully saturated rings. The number of aromatic nitrogens is 5. The molecular formula is C34H21N5O. The quantitative estimate of drug-likeness (QED) is 0.252. The van der Waals surface area contributed by atoms with Crippen LogP contribution in [-0.2, 0) is 0 Å². The lowest BCUT2D eigenvalue weighted by atomic mass is 10.0. The van der Waals surface area contributed by atoms with E-state index < -0.39 is 0 Å². The Morgan fingerprint density at radius 1 is 0.500 bits per heavy atom. The normalized spacial score (nSPS) is 11.6. The number of imidazole rings is 1. The van der Waals surface area contributed by atoms with Gasteiger partial charge in [0.05, 0.1) is 33.3 Å². The fourth-order valence-corrected chi connectivity index (χ4v) is 5.50. The molecule has 0 saturated heterocycles. The summed E-state index contributed by atoms with van der Waals surface area (Å²) in [4.78, 5) is 28.9. The summed E-state index contributed by atoms with van der Waals surface area (Å²) in [5.74, 6) is 0.314. The van der Waals surface area contributed by atoms with Crippen molar-refractivity contribution in [3.8, 4) is 28.3 Å². The second-order valence-corrected chi connectivity index (χ2v) is 9.73. The Morgan fingerprint density at radius 2 is 1.18 bits per heavy atom. The van der Waals surface area contributed by atoms with Crippen molar-refractivity contribution in [3.05, 3.63) is 138 Å². The van der Waals surface area contributed by atoms with E-state index in [9.17, 15) is 4.79 Å². The van der Waals surface area contributed by atoms with Gasteiger partial charge < -0.3 is 0 Å². The van der Waals surface area contributed by atoms with E-state index in [1.807, 2.05) is 114 Å². The molecule has 8 rings (SSSR count). The summed E-state index contributed by atoms with van der Waals surface area (Å²) in [7, 11) is 0. The number of rotatable bonds is 3. The molecule has 0 unspecified atom stereocenters. The molecule has 5 aromatic carbocycles.